The Morgan fingerprint density at radius 3 is 2.50 bits per heavy atom. The van der Waals surface area contributed by atoms with Gasteiger partial charge in [0.05, 0.1) is 10.4 Å². The van der Waals surface area contributed by atoms with Gasteiger partial charge in [-0.15, -0.1) is 0 Å². The summed E-state index contributed by atoms with van der Waals surface area (Å²) in [5.41, 5.74) is -0.287. The normalized spacial score (nSPS) is 13.8. The topological polar surface area (TPSA) is 38.3 Å². The van der Waals surface area contributed by atoms with E-state index < -0.39 is 0 Å². The van der Waals surface area contributed by atoms with E-state index in [2.05, 4.69) is 21.2 Å². The number of ether oxygens (including phenoxy) is 1. The highest BCUT2D eigenvalue weighted by Crippen LogP contribution is 2.08. The Bertz CT molecular complexity index is 183. The maximum absolute atomic E-state index is 11.4. The van der Waals surface area contributed by atoms with Crippen molar-refractivity contribution in [2.75, 3.05) is 13.2 Å². The van der Waals surface area contributed by atoms with Crippen LogP contribution in [-0.4, -0.2) is 29.5 Å². The largest absolute Gasteiger partial charge is 0.374 e. The van der Waals surface area contributed by atoms with Gasteiger partial charge in [-0.3, -0.25) is 4.79 Å². The minimum absolute atomic E-state index is 0.0280. The number of hydrogen-bond donors (Lipinski definition) is 1. The first-order valence-electron chi connectivity index (χ1n) is 4.98. The van der Waals surface area contributed by atoms with Crippen LogP contribution in [0.2, 0.25) is 0 Å². The summed E-state index contributed by atoms with van der Waals surface area (Å²) < 4.78 is 5.46. The van der Waals surface area contributed by atoms with Crippen molar-refractivity contribution in [3.05, 3.63) is 0 Å². The molecular weight excluding hydrogens is 246 g/mol. The molecule has 1 unspecified atom stereocenters. The van der Waals surface area contributed by atoms with Crippen molar-refractivity contribution in [2.45, 2.75) is 44.5 Å². The van der Waals surface area contributed by atoms with E-state index in [0.717, 1.165) is 6.42 Å². The summed E-state index contributed by atoms with van der Waals surface area (Å²) in [5.74, 6) is 0.0280. The minimum atomic E-state index is -0.287. The molecule has 0 aliphatic heterocycles. The van der Waals surface area contributed by atoms with Crippen LogP contribution in [0.15, 0.2) is 0 Å². The second-order valence-corrected chi connectivity index (χ2v) is 4.89. The molecule has 14 heavy (non-hydrogen) atoms. The van der Waals surface area contributed by atoms with E-state index in [1.165, 1.54) is 0 Å². The summed E-state index contributed by atoms with van der Waals surface area (Å²) in [6.45, 7) is 9.05. The van der Waals surface area contributed by atoms with Crippen LogP contribution in [0, 0.1) is 0 Å². The van der Waals surface area contributed by atoms with E-state index >= 15 is 0 Å². The number of carbonyl (C=O) groups is 1. The molecule has 0 spiro atoms. The van der Waals surface area contributed by atoms with Gasteiger partial charge in [0, 0.05) is 13.2 Å². The van der Waals surface area contributed by atoms with Crippen LogP contribution in [0.4, 0.5) is 0 Å². The molecule has 4 heteroatoms. The van der Waals surface area contributed by atoms with Gasteiger partial charge in [-0.1, -0.05) is 22.9 Å². The molecule has 0 bridgehead atoms. The molecule has 0 heterocycles. The van der Waals surface area contributed by atoms with E-state index in [-0.39, 0.29) is 16.3 Å². The molecule has 0 rings (SSSR count). The van der Waals surface area contributed by atoms with E-state index in [1.807, 2.05) is 27.7 Å². The van der Waals surface area contributed by atoms with Crippen molar-refractivity contribution < 1.29 is 9.53 Å². The third-order valence-corrected chi connectivity index (χ3v) is 2.93. The Hall–Kier alpha value is -0.0900. The van der Waals surface area contributed by atoms with Crippen LogP contribution >= 0.6 is 15.9 Å². The third-order valence-electron chi connectivity index (χ3n) is 1.87. The predicted octanol–water partition coefficient (Wildman–Crippen LogP) is 2.09. The standard InChI is InChI=1S/C10H20BrNO2/c1-5-8(11)9(13)12-7-10(3,4)14-6-2/h8H,5-7H2,1-4H3,(H,12,13). The van der Waals surface area contributed by atoms with Crippen LogP contribution in [0.3, 0.4) is 0 Å². The van der Waals surface area contributed by atoms with Gasteiger partial charge in [-0.05, 0) is 27.2 Å². The minimum Gasteiger partial charge on any atom is -0.374 e. The molecule has 0 saturated carbocycles. The van der Waals surface area contributed by atoms with E-state index in [0.29, 0.717) is 13.2 Å². The summed E-state index contributed by atoms with van der Waals surface area (Å²) >= 11 is 3.30. The van der Waals surface area contributed by atoms with Crippen LogP contribution < -0.4 is 5.32 Å². The van der Waals surface area contributed by atoms with Crippen molar-refractivity contribution in [1.29, 1.82) is 0 Å². The van der Waals surface area contributed by atoms with Gasteiger partial charge in [0.25, 0.3) is 0 Å². The first kappa shape index (κ1) is 13.9. The van der Waals surface area contributed by atoms with Crippen molar-refractivity contribution in [1.82, 2.24) is 5.32 Å². The van der Waals surface area contributed by atoms with Crippen LogP contribution in [0.5, 0.6) is 0 Å². The average molecular weight is 266 g/mol. The second-order valence-electron chi connectivity index (χ2n) is 3.79. The lowest BCUT2D eigenvalue weighted by Crippen LogP contribution is -2.42. The Balaban J connectivity index is 3.87. The van der Waals surface area contributed by atoms with Crippen LogP contribution in [0.1, 0.15) is 34.1 Å². The zero-order valence-corrected chi connectivity index (χ0v) is 11.0. The molecule has 0 aromatic heterocycles. The molecule has 0 radical (unpaired) electrons. The van der Waals surface area contributed by atoms with Gasteiger partial charge in [-0.25, -0.2) is 0 Å². The molecule has 3 nitrogen and oxygen atoms in total. The van der Waals surface area contributed by atoms with Crippen molar-refractivity contribution >= 4 is 21.8 Å². The number of alkyl halides is 1. The monoisotopic (exact) mass is 265 g/mol. The molecule has 1 amide bonds. The van der Waals surface area contributed by atoms with Crippen molar-refractivity contribution in [3.8, 4) is 0 Å². The Morgan fingerprint density at radius 2 is 2.07 bits per heavy atom. The number of hydrogen-bond acceptors (Lipinski definition) is 2. The third kappa shape index (κ3) is 5.60. The van der Waals surface area contributed by atoms with Crippen LogP contribution in [0.25, 0.3) is 0 Å². The molecule has 1 N–H and O–H groups in total. The summed E-state index contributed by atoms with van der Waals surface area (Å²) in [6.07, 6.45) is 0.793. The lowest BCUT2D eigenvalue weighted by atomic mass is 10.1. The molecule has 84 valence electrons. The fraction of sp³-hybridized carbons (Fsp3) is 0.900. The summed E-state index contributed by atoms with van der Waals surface area (Å²) in [7, 11) is 0. The highest BCUT2D eigenvalue weighted by atomic mass is 79.9. The molecule has 0 fully saturated rings. The lowest BCUT2D eigenvalue weighted by molar-refractivity contribution is -0.122. The number of nitrogens with one attached hydrogen (secondary N) is 1. The molecule has 0 aliphatic carbocycles. The number of rotatable bonds is 6. The Kier molecular flexibility index (Phi) is 6.36. The number of amides is 1. The van der Waals surface area contributed by atoms with Crippen molar-refractivity contribution in [3.63, 3.8) is 0 Å². The SMILES string of the molecule is CCOC(C)(C)CNC(=O)C(Br)CC. The Labute approximate surface area is 94.7 Å². The van der Waals surface area contributed by atoms with Gasteiger partial charge in [-0.2, -0.15) is 0 Å². The van der Waals surface area contributed by atoms with Gasteiger partial charge < -0.3 is 10.1 Å². The summed E-state index contributed by atoms with van der Waals surface area (Å²) in [4.78, 5) is 11.3. The maximum atomic E-state index is 11.4. The predicted molar refractivity (Wildman–Crippen MR) is 61.7 cm³/mol. The molecule has 1 atom stereocenters. The fourth-order valence-corrected chi connectivity index (χ4v) is 1.20. The summed E-state index contributed by atoms with van der Waals surface area (Å²) in [6, 6.07) is 0. The van der Waals surface area contributed by atoms with Crippen LogP contribution in [-0.2, 0) is 9.53 Å². The number of halogens is 1. The van der Waals surface area contributed by atoms with Crippen molar-refractivity contribution in [2.24, 2.45) is 0 Å². The second kappa shape index (κ2) is 6.40. The molecule has 0 aliphatic rings. The fourth-order valence-electron chi connectivity index (χ4n) is 1.04. The smallest absolute Gasteiger partial charge is 0.233 e. The Morgan fingerprint density at radius 1 is 1.50 bits per heavy atom. The van der Waals surface area contributed by atoms with Gasteiger partial charge in [0.2, 0.25) is 5.91 Å². The summed E-state index contributed by atoms with van der Waals surface area (Å²) in [5, 5.41) is 2.85. The first-order valence-corrected chi connectivity index (χ1v) is 5.90. The van der Waals surface area contributed by atoms with Gasteiger partial charge >= 0.3 is 0 Å². The quantitative estimate of drug-likeness (QED) is 0.747. The highest BCUT2D eigenvalue weighted by Gasteiger charge is 2.20. The van der Waals surface area contributed by atoms with E-state index in [1.54, 1.807) is 0 Å². The molecule has 0 saturated heterocycles. The molecule has 0 aromatic carbocycles. The average Bonchev–Trinajstić information content (AvgIpc) is 2.13. The lowest BCUT2D eigenvalue weighted by Gasteiger charge is -2.25. The first-order chi connectivity index (χ1) is 6.43. The van der Waals surface area contributed by atoms with Gasteiger partial charge in [0.1, 0.15) is 0 Å². The maximum Gasteiger partial charge on any atom is 0.233 e. The molecule has 0 aromatic rings. The van der Waals surface area contributed by atoms with E-state index in [4.69, 9.17) is 4.74 Å². The van der Waals surface area contributed by atoms with E-state index in [9.17, 15) is 4.79 Å². The van der Waals surface area contributed by atoms with Gasteiger partial charge in [0.15, 0.2) is 0 Å². The number of carbonyl (C=O) groups excluding carboxylic acids is 1. The zero-order valence-electron chi connectivity index (χ0n) is 9.39. The highest BCUT2D eigenvalue weighted by molar-refractivity contribution is 9.10. The zero-order chi connectivity index (χ0) is 11.2. The molecular formula is C10H20BrNO2.